The van der Waals surface area contributed by atoms with E-state index in [9.17, 15) is 23.1 Å². The lowest BCUT2D eigenvalue weighted by atomic mass is 9.80. The molecular formula is C29H31F3N6O2. The Hall–Kier alpha value is -4.15. The van der Waals surface area contributed by atoms with Crippen molar-refractivity contribution in [3.05, 3.63) is 77.1 Å². The molecule has 11 heteroatoms. The van der Waals surface area contributed by atoms with Crippen LogP contribution in [0.3, 0.4) is 0 Å². The summed E-state index contributed by atoms with van der Waals surface area (Å²) in [6.07, 6.45) is -0.424. The molecule has 210 valence electrons. The van der Waals surface area contributed by atoms with Gasteiger partial charge in [0.1, 0.15) is 5.52 Å². The van der Waals surface area contributed by atoms with Crippen molar-refractivity contribution in [2.45, 2.75) is 64.3 Å². The third-order valence-corrected chi connectivity index (χ3v) is 7.55. The standard InChI is InChI=1S/C29H31F3N6O2/c1-3-22(20-8-5-4-6-9-20)34-28-37-25-23(38(28)16-18-12-14-21(15-13-18)29(30,31)32)24(35-26(36-25)27(39)40)33-17(2)19-10-7-11-19/h4-6,8-9,12-15,17,19,22H,3,7,10-11,16H2,1-2H3,(H,39,40)(H2,33,34,35,36,37)/t17-,22?/m1/s1. The molecule has 5 rings (SSSR count). The number of fused-ring (bicyclic) bond motifs is 1. The van der Waals surface area contributed by atoms with Crippen LogP contribution in [0.1, 0.15) is 72.9 Å². The van der Waals surface area contributed by atoms with Crippen LogP contribution in [0.4, 0.5) is 24.9 Å². The van der Waals surface area contributed by atoms with Gasteiger partial charge in [0.25, 0.3) is 0 Å². The summed E-state index contributed by atoms with van der Waals surface area (Å²) < 4.78 is 41.4. The van der Waals surface area contributed by atoms with Crippen molar-refractivity contribution in [3.8, 4) is 0 Å². The third kappa shape index (κ3) is 5.73. The Labute approximate surface area is 229 Å². The van der Waals surface area contributed by atoms with Crippen LogP contribution >= 0.6 is 0 Å². The number of carbonyl (C=O) groups is 1. The number of aromatic carboxylic acids is 1. The lowest BCUT2D eigenvalue weighted by molar-refractivity contribution is -0.137. The number of carboxylic acid groups (broad SMARTS) is 1. The number of hydrogen-bond donors (Lipinski definition) is 3. The third-order valence-electron chi connectivity index (χ3n) is 7.55. The Morgan fingerprint density at radius 2 is 1.75 bits per heavy atom. The second-order valence-corrected chi connectivity index (χ2v) is 10.2. The highest BCUT2D eigenvalue weighted by atomic mass is 19.4. The molecule has 2 aromatic heterocycles. The number of nitrogens with one attached hydrogen (secondary N) is 2. The van der Waals surface area contributed by atoms with Crippen LogP contribution in [0, 0.1) is 5.92 Å². The Morgan fingerprint density at radius 1 is 1.05 bits per heavy atom. The fourth-order valence-corrected chi connectivity index (χ4v) is 5.01. The first-order valence-electron chi connectivity index (χ1n) is 13.4. The van der Waals surface area contributed by atoms with E-state index in [4.69, 9.17) is 0 Å². The van der Waals surface area contributed by atoms with Gasteiger partial charge in [-0.2, -0.15) is 18.2 Å². The maximum absolute atomic E-state index is 13.2. The molecule has 4 aromatic rings. The van der Waals surface area contributed by atoms with E-state index in [2.05, 4.69) is 25.6 Å². The minimum atomic E-state index is -4.44. The van der Waals surface area contributed by atoms with Gasteiger partial charge in [0, 0.05) is 6.04 Å². The van der Waals surface area contributed by atoms with E-state index in [0.717, 1.165) is 43.4 Å². The molecule has 0 aliphatic heterocycles. The minimum Gasteiger partial charge on any atom is -0.475 e. The van der Waals surface area contributed by atoms with E-state index in [1.165, 1.54) is 12.1 Å². The number of carboxylic acids is 1. The molecule has 8 nitrogen and oxygen atoms in total. The van der Waals surface area contributed by atoms with E-state index < -0.39 is 17.7 Å². The van der Waals surface area contributed by atoms with Crippen molar-refractivity contribution in [3.63, 3.8) is 0 Å². The summed E-state index contributed by atoms with van der Waals surface area (Å²) in [7, 11) is 0. The van der Waals surface area contributed by atoms with Gasteiger partial charge < -0.3 is 20.3 Å². The van der Waals surface area contributed by atoms with Gasteiger partial charge in [-0.15, -0.1) is 0 Å². The highest BCUT2D eigenvalue weighted by Gasteiger charge is 2.30. The molecule has 1 fully saturated rings. The Bertz CT molecular complexity index is 1480. The lowest BCUT2D eigenvalue weighted by Gasteiger charge is -2.32. The van der Waals surface area contributed by atoms with Gasteiger partial charge in [0.15, 0.2) is 11.5 Å². The molecule has 0 amide bonds. The summed E-state index contributed by atoms with van der Waals surface area (Å²) in [5, 5.41) is 16.6. The van der Waals surface area contributed by atoms with Crippen LogP contribution < -0.4 is 10.6 Å². The predicted octanol–water partition coefficient (Wildman–Crippen LogP) is 6.76. The van der Waals surface area contributed by atoms with E-state index in [0.29, 0.717) is 28.8 Å². The van der Waals surface area contributed by atoms with Gasteiger partial charge in [-0.05, 0) is 55.4 Å². The lowest BCUT2D eigenvalue weighted by Crippen LogP contribution is -2.31. The van der Waals surface area contributed by atoms with Crippen LogP contribution in [0.15, 0.2) is 54.6 Å². The van der Waals surface area contributed by atoms with Crippen molar-refractivity contribution in [1.29, 1.82) is 0 Å². The molecule has 0 spiro atoms. The first-order chi connectivity index (χ1) is 19.1. The molecule has 1 saturated carbocycles. The van der Waals surface area contributed by atoms with E-state index in [1.54, 1.807) is 0 Å². The average molecular weight is 553 g/mol. The number of alkyl halides is 3. The van der Waals surface area contributed by atoms with Crippen molar-refractivity contribution in [2.24, 2.45) is 5.92 Å². The second-order valence-electron chi connectivity index (χ2n) is 10.2. The summed E-state index contributed by atoms with van der Waals surface area (Å²) in [5.74, 6) is -0.464. The normalized spacial score (nSPS) is 15.4. The first kappa shape index (κ1) is 27.4. The molecule has 2 heterocycles. The van der Waals surface area contributed by atoms with Gasteiger partial charge in [-0.1, -0.05) is 55.8 Å². The highest BCUT2D eigenvalue weighted by Crippen LogP contribution is 2.34. The monoisotopic (exact) mass is 552 g/mol. The summed E-state index contributed by atoms with van der Waals surface area (Å²) in [5.41, 5.74) is 1.59. The largest absolute Gasteiger partial charge is 0.475 e. The van der Waals surface area contributed by atoms with Gasteiger partial charge in [0.2, 0.25) is 11.8 Å². The zero-order valence-corrected chi connectivity index (χ0v) is 22.2. The van der Waals surface area contributed by atoms with Crippen LogP contribution in [-0.4, -0.2) is 36.6 Å². The highest BCUT2D eigenvalue weighted by molar-refractivity contribution is 5.91. The number of benzene rings is 2. The number of halogens is 3. The zero-order chi connectivity index (χ0) is 28.4. The molecular weight excluding hydrogens is 521 g/mol. The molecule has 2 aromatic carbocycles. The van der Waals surface area contributed by atoms with Crippen LogP contribution in [0.5, 0.6) is 0 Å². The summed E-state index contributed by atoms with van der Waals surface area (Å²) >= 11 is 0. The van der Waals surface area contributed by atoms with Crippen LogP contribution in [0.25, 0.3) is 11.2 Å². The average Bonchev–Trinajstić information content (AvgIpc) is 3.23. The number of hydrogen-bond acceptors (Lipinski definition) is 6. The van der Waals surface area contributed by atoms with Gasteiger partial charge in [0.05, 0.1) is 18.2 Å². The van der Waals surface area contributed by atoms with Gasteiger partial charge >= 0.3 is 12.1 Å². The Kier molecular flexibility index (Phi) is 7.64. The number of imidazole rings is 1. The van der Waals surface area contributed by atoms with Crippen LogP contribution in [0.2, 0.25) is 0 Å². The van der Waals surface area contributed by atoms with Crippen molar-refractivity contribution in [2.75, 3.05) is 10.6 Å². The molecule has 1 unspecified atom stereocenters. The summed E-state index contributed by atoms with van der Waals surface area (Å²) in [6, 6.07) is 14.7. The Balaban J connectivity index is 1.62. The molecule has 0 bridgehead atoms. The molecule has 0 saturated heterocycles. The van der Waals surface area contributed by atoms with E-state index >= 15 is 0 Å². The van der Waals surface area contributed by atoms with Gasteiger partial charge in [-0.3, -0.25) is 0 Å². The SMILES string of the molecule is CCC(Nc1nc2nc(C(=O)O)nc(N[C@H](C)C3CCC3)c2n1Cc1ccc(C(F)(F)F)cc1)c1ccccc1. The quantitative estimate of drug-likeness (QED) is 0.200. The first-order valence-corrected chi connectivity index (χ1v) is 13.4. The smallest absolute Gasteiger partial charge is 0.416 e. The van der Waals surface area contributed by atoms with Crippen molar-refractivity contribution >= 4 is 28.9 Å². The number of anilines is 2. The van der Waals surface area contributed by atoms with Gasteiger partial charge in [-0.25, -0.2) is 14.8 Å². The van der Waals surface area contributed by atoms with Crippen molar-refractivity contribution in [1.82, 2.24) is 19.5 Å². The molecule has 1 aliphatic carbocycles. The van der Waals surface area contributed by atoms with Crippen LogP contribution in [-0.2, 0) is 12.7 Å². The Morgan fingerprint density at radius 3 is 2.33 bits per heavy atom. The summed E-state index contributed by atoms with van der Waals surface area (Å²) in [4.78, 5) is 25.1. The maximum atomic E-state index is 13.2. The van der Waals surface area contributed by atoms with E-state index in [1.807, 2.05) is 48.7 Å². The fourth-order valence-electron chi connectivity index (χ4n) is 5.01. The predicted molar refractivity (Wildman–Crippen MR) is 146 cm³/mol. The second kappa shape index (κ2) is 11.1. The number of nitrogens with zero attached hydrogens (tertiary/aromatic N) is 4. The van der Waals surface area contributed by atoms with Crippen molar-refractivity contribution < 1.29 is 23.1 Å². The molecule has 1 aliphatic rings. The van der Waals surface area contributed by atoms with E-state index in [-0.39, 0.29) is 30.1 Å². The molecule has 40 heavy (non-hydrogen) atoms. The molecule has 3 N–H and O–H groups in total. The topological polar surface area (TPSA) is 105 Å². The minimum absolute atomic E-state index is 0.0343. The molecule has 2 atom stereocenters. The maximum Gasteiger partial charge on any atom is 0.416 e. The number of aromatic nitrogens is 4. The zero-order valence-electron chi connectivity index (χ0n) is 22.2. The molecule has 0 radical (unpaired) electrons. The fraction of sp³-hybridized carbons (Fsp3) is 0.379. The number of rotatable bonds is 10. The summed E-state index contributed by atoms with van der Waals surface area (Å²) in [6.45, 7) is 4.24.